The Morgan fingerprint density at radius 3 is 1.56 bits per heavy atom. The topological polar surface area (TPSA) is 55.1 Å². The number of amides is 1. The van der Waals surface area contributed by atoms with Gasteiger partial charge < -0.3 is 11.1 Å². The molecule has 0 aromatic heterocycles. The smallest absolute Gasteiger partial charge is 0.325 e. The summed E-state index contributed by atoms with van der Waals surface area (Å²) in [7, 11) is 0. The number of rotatable bonds is 5. The van der Waals surface area contributed by atoms with Crippen molar-refractivity contribution in [3.63, 3.8) is 0 Å². The predicted octanol–water partition coefficient (Wildman–Crippen LogP) is 5.90. The first-order valence-corrected chi connectivity index (χ1v) is 9.44. The molecular weight excluding hydrogens is 434 g/mol. The number of halogens is 6. The molecule has 0 aliphatic carbocycles. The van der Waals surface area contributed by atoms with Gasteiger partial charge in [0.25, 0.3) is 0 Å². The summed E-state index contributed by atoms with van der Waals surface area (Å²) < 4.78 is 75.8. The van der Waals surface area contributed by atoms with E-state index in [0.29, 0.717) is 11.1 Å². The summed E-state index contributed by atoms with van der Waals surface area (Å²) >= 11 is 0. The van der Waals surface area contributed by atoms with Gasteiger partial charge in [0.2, 0.25) is 5.91 Å². The molecule has 0 spiro atoms. The van der Waals surface area contributed by atoms with E-state index in [1.807, 2.05) is 0 Å². The van der Waals surface area contributed by atoms with Crippen molar-refractivity contribution in [2.75, 3.05) is 5.32 Å². The predicted molar refractivity (Wildman–Crippen MR) is 109 cm³/mol. The van der Waals surface area contributed by atoms with Crippen LogP contribution in [0.5, 0.6) is 0 Å². The van der Waals surface area contributed by atoms with Crippen LogP contribution in [0.2, 0.25) is 0 Å². The zero-order chi connectivity index (χ0) is 23.5. The van der Waals surface area contributed by atoms with Gasteiger partial charge in [-0.1, -0.05) is 36.4 Å². The molecule has 0 fully saturated rings. The number of hydrogen-bond acceptors (Lipinski definition) is 2. The molecule has 0 saturated heterocycles. The second kappa shape index (κ2) is 9.04. The van der Waals surface area contributed by atoms with Crippen molar-refractivity contribution < 1.29 is 31.1 Å². The fourth-order valence-corrected chi connectivity index (χ4v) is 3.01. The second-order valence-corrected chi connectivity index (χ2v) is 7.15. The van der Waals surface area contributed by atoms with E-state index >= 15 is 0 Å². The average Bonchev–Trinajstić information content (AvgIpc) is 2.73. The van der Waals surface area contributed by atoms with E-state index in [1.54, 1.807) is 24.3 Å². The fourth-order valence-electron chi connectivity index (χ4n) is 3.01. The zero-order valence-corrected chi connectivity index (χ0v) is 16.5. The van der Waals surface area contributed by atoms with Crippen LogP contribution >= 0.6 is 0 Å². The molecule has 0 saturated carbocycles. The largest absolute Gasteiger partial charge is 0.416 e. The van der Waals surface area contributed by atoms with Gasteiger partial charge >= 0.3 is 12.4 Å². The highest BCUT2D eigenvalue weighted by Gasteiger charge is 2.30. The molecule has 0 heterocycles. The van der Waals surface area contributed by atoms with Gasteiger partial charge in [0.1, 0.15) is 0 Å². The van der Waals surface area contributed by atoms with Gasteiger partial charge in [-0.3, -0.25) is 4.79 Å². The Bertz CT molecular complexity index is 1060. The van der Waals surface area contributed by atoms with E-state index in [-0.39, 0.29) is 12.1 Å². The number of hydrogen-bond donors (Lipinski definition) is 2. The van der Waals surface area contributed by atoms with Crippen molar-refractivity contribution >= 4 is 11.6 Å². The van der Waals surface area contributed by atoms with E-state index < -0.39 is 35.4 Å². The third kappa shape index (κ3) is 5.88. The van der Waals surface area contributed by atoms with Crippen LogP contribution in [0.15, 0.2) is 72.8 Å². The highest BCUT2D eigenvalue weighted by molar-refractivity contribution is 5.94. The van der Waals surface area contributed by atoms with Gasteiger partial charge in [0, 0.05) is 5.69 Å². The lowest BCUT2D eigenvalue weighted by Crippen LogP contribution is -2.37. The van der Waals surface area contributed by atoms with Gasteiger partial charge in [0.15, 0.2) is 0 Å². The molecule has 1 amide bonds. The molecular formula is C23H18F6N2O. The standard InChI is InChI=1S/C23H18F6N2O/c24-22(25,26)17-7-5-16(6-8-17)15-3-1-14(2-4-15)13-20(30)21(32)31-19-11-9-18(10-12-19)23(27,28)29/h1-12,20H,13,30H2,(H,31,32)/t20-/m1/s1. The van der Waals surface area contributed by atoms with E-state index in [0.717, 1.165) is 42.0 Å². The average molecular weight is 452 g/mol. The molecule has 3 N–H and O–H groups in total. The van der Waals surface area contributed by atoms with Gasteiger partial charge in [0.05, 0.1) is 17.2 Å². The number of nitrogens with two attached hydrogens (primary N) is 1. The molecule has 3 nitrogen and oxygen atoms in total. The first-order chi connectivity index (χ1) is 14.9. The van der Waals surface area contributed by atoms with Crippen LogP contribution in [0.3, 0.4) is 0 Å². The van der Waals surface area contributed by atoms with Crippen LogP contribution in [0, 0.1) is 0 Å². The molecule has 168 valence electrons. The zero-order valence-electron chi connectivity index (χ0n) is 16.5. The van der Waals surface area contributed by atoms with E-state index in [4.69, 9.17) is 5.73 Å². The summed E-state index contributed by atoms with van der Waals surface area (Å²) in [5.41, 5.74) is 6.56. The van der Waals surface area contributed by atoms with Crippen molar-refractivity contribution in [1.82, 2.24) is 0 Å². The van der Waals surface area contributed by atoms with E-state index in [9.17, 15) is 31.1 Å². The second-order valence-electron chi connectivity index (χ2n) is 7.15. The lowest BCUT2D eigenvalue weighted by Gasteiger charge is -2.14. The summed E-state index contributed by atoms with van der Waals surface area (Å²) in [5.74, 6) is -0.559. The Morgan fingerprint density at radius 1 is 0.719 bits per heavy atom. The van der Waals surface area contributed by atoms with Crippen LogP contribution in [0.1, 0.15) is 16.7 Å². The van der Waals surface area contributed by atoms with Crippen LogP contribution < -0.4 is 11.1 Å². The number of alkyl halides is 6. The Labute approximate surface area is 179 Å². The maximum Gasteiger partial charge on any atom is 0.416 e. The highest BCUT2D eigenvalue weighted by atomic mass is 19.4. The molecule has 3 aromatic rings. The first kappa shape index (κ1) is 23.3. The van der Waals surface area contributed by atoms with Crippen LogP contribution in [-0.4, -0.2) is 11.9 Å². The SMILES string of the molecule is N[C@H](Cc1ccc(-c2ccc(C(F)(F)F)cc2)cc1)C(=O)Nc1ccc(C(F)(F)F)cc1. The summed E-state index contributed by atoms with van der Waals surface area (Å²) in [4.78, 5) is 12.2. The molecule has 0 unspecified atom stereocenters. The van der Waals surface area contributed by atoms with Crippen molar-refractivity contribution in [2.45, 2.75) is 24.8 Å². The normalized spacial score (nSPS) is 13.0. The van der Waals surface area contributed by atoms with Crippen LogP contribution in [0.25, 0.3) is 11.1 Å². The molecule has 0 aliphatic heterocycles. The Kier molecular flexibility index (Phi) is 6.59. The lowest BCUT2D eigenvalue weighted by molar-refractivity contribution is -0.138. The summed E-state index contributed by atoms with van der Waals surface area (Å²) in [6, 6.07) is 14.7. The first-order valence-electron chi connectivity index (χ1n) is 9.44. The van der Waals surface area contributed by atoms with Crippen molar-refractivity contribution in [3.05, 3.63) is 89.5 Å². The summed E-state index contributed by atoms with van der Waals surface area (Å²) in [6.45, 7) is 0. The molecule has 32 heavy (non-hydrogen) atoms. The Morgan fingerprint density at radius 2 is 1.12 bits per heavy atom. The minimum atomic E-state index is -4.47. The third-order valence-electron chi connectivity index (χ3n) is 4.77. The summed E-state index contributed by atoms with van der Waals surface area (Å²) in [6.07, 6.45) is -8.70. The molecule has 1 atom stereocenters. The number of nitrogens with one attached hydrogen (secondary N) is 1. The van der Waals surface area contributed by atoms with Crippen LogP contribution in [0.4, 0.5) is 32.0 Å². The number of anilines is 1. The van der Waals surface area contributed by atoms with Gasteiger partial charge in [-0.2, -0.15) is 26.3 Å². The quantitative estimate of drug-likeness (QED) is 0.474. The monoisotopic (exact) mass is 452 g/mol. The van der Waals surface area contributed by atoms with Crippen LogP contribution in [-0.2, 0) is 23.6 Å². The number of carbonyl (C=O) groups is 1. The molecule has 0 radical (unpaired) electrons. The van der Waals surface area contributed by atoms with Gasteiger partial charge in [-0.15, -0.1) is 0 Å². The maximum absolute atomic E-state index is 12.7. The lowest BCUT2D eigenvalue weighted by atomic mass is 9.99. The maximum atomic E-state index is 12.7. The van der Waals surface area contributed by atoms with Gasteiger partial charge in [-0.05, 0) is 59.5 Å². The number of benzene rings is 3. The molecule has 9 heteroatoms. The molecule has 3 aromatic carbocycles. The molecule has 0 aliphatic rings. The summed E-state index contributed by atoms with van der Waals surface area (Å²) in [5, 5.41) is 2.47. The van der Waals surface area contributed by atoms with E-state index in [1.165, 1.54) is 12.1 Å². The Hall–Kier alpha value is -3.33. The minimum absolute atomic E-state index is 0.166. The molecule has 0 bridgehead atoms. The Balaban J connectivity index is 1.60. The third-order valence-corrected chi connectivity index (χ3v) is 4.77. The highest BCUT2D eigenvalue weighted by Crippen LogP contribution is 2.31. The number of carbonyl (C=O) groups excluding carboxylic acids is 1. The molecule has 3 rings (SSSR count). The van der Waals surface area contributed by atoms with Gasteiger partial charge in [-0.25, -0.2) is 0 Å². The van der Waals surface area contributed by atoms with Crippen molar-refractivity contribution in [2.24, 2.45) is 5.73 Å². The fraction of sp³-hybridized carbons (Fsp3) is 0.174. The van der Waals surface area contributed by atoms with E-state index in [2.05, 4.69) is 5.32 Å². The minimum Gasteiger partial charge on any atom is -0.325 e. The van der Waals surface area contributed by atoms with Crippen molar-refractivity contribution in [1.29, 1.82) is 0 Å². The van der Waals surface area contributed by atoms with Crippen molar-refractivity contribution in [3.8, 4) is 11.1 Å².